The molecule has 0 heterocycles. The first-order valence-corrected chi connectivity index (χ1v) is 6.97. The van der Waals surface area contributed by atoms with Gasteiger partial charge in [-0.2, -0.15) is 0 Å². The standard InChI is InChI=1S/C16H27NO/c1-5-6-7-8-17(4)12-16(18)15-10-13(2)9-14(3)11-15/h9-11,16,18H,5-8,12H2,1-4H3. The van der Waals surface area contributed by atoms with Crippen LogP contribution in [0.2, 0.25) is 0 Å². The van der Waals surface area contributed by atoms with E-state index in [-0.39, 0.29) is 6.10 Å². The second kappa shape index (κ2) is 7.55. The monoisotopic (exact) mass is 249 g/mol. The molecule has 1 rings (SSSR count). The Balaban J connectivity index is 2.50. The average molecular weight is 249 g/mol. The lowest BCUT2D eigenvalue weighted by atomic mass is 10.0. The first-order valence-electron chi connectivity index (χ1n) is 6.97. The summed E-state index contributed by atoms with van der Waals surface area (Å²) in [6, 6.07) is 6.30. The van der Waals surface area contributed by atoms with Gasteiger partial charge in [0.15, 0.2) is 0 Å². The smallest absolute Gasteiger partial charge is 0.0916 e. The van der Waals surface area contributed by atoms with Crippen LogP contribution in [-0.2, 0) is 0 Å². The van der Waals surface area contributed by atoms with Crippen molar-refractivity contribution >= 4 is 0 Å². The van der Waals surface area contributed by atoms with Gasteiger partial charge in [-0.05, 0) is 39.4 Å². The van der Waals surface area contributed by atoms with Crippen LogP contribution in [0, 0.1) is 13.8 Å². The summed E-state index contributed by atoms with van der Waals surface area (Å²) in [5.74, 6) is 0. The van der Waals surface area contributed by atoms with Gasteiger partial charge in [0, 0.05) is 6.54 Å². The van der Waals surface area contributed by atoms with Crippen molar-refractivity contribution in [1.82, 2.24) is 4.90 Å². The summed E-state index contributed by atoms with van der Waals surface area (Å²) >= 11 is 0. The van der Waals surface area contributed by atoms with Gasteiger partial charge in [-0.1, -0.05) is 49.1 Å². The molecule has 0 saturated carbocycles. The molecule has 1 aromatic rings. The van der Waals surface area contributed by atoms with Gasteiger partial charge >= 0.3 is 0 Å². The molecule has 0 aliphatic carbocycles. The fourth-order valence-corrected chi connectivity index (χ4v) is 2.33. The number of aliphatic hydroxyl groups excluding tert-OH is 1. The van der Waals surface area contributed by atoms with E-state index in [1.807, 2.05) is 0 Å². The Hall–Kier alpha value is -0.860. The van der Waals surface area contributed by atoms with Crippen LogP contribution in [-0.4, -0.2) is 30.1 Å². The quantitative estimate of drug-likeness (QED) is 0.748. The van der Waals surface area contributed by atoms with Crippen LogP contribution < -0.4 is 0 Å². The van der Waals surface area contributed by atoms with Crippen LogP contribution >= 0.6 is 0 Å². The summed E-state index contributed by atoms with van der Waals surface area (Å²) in [4.78, 5) is 2.22. The zero-order valence-corrected chi connectivity index (χ0v) is 12.2. The van der Waals surface area contributed by atoms with E-state index in [2.05, 4.69) is 50.9 Å². The molecule has 0 spiro atoms. The topological polar surface area (TPSA) is 23.5 Å². The van der Waals surface area contributed by atoms with Crippen molar-refractivity contribution in [2.24, 2.45) is 0 Å². The highest BCUT2D eigenvalue weighted by atomic mass is 16.3. The molecule has 0 amide bonds. The molecule has 0 bridgehead atoms. The van der Waals surface area contributed by atoms with E-state index in [1.165, 1.54) is 30.4 Å². The summed E-state index contributed by atoms with van der Waals surface area (Å²) in [5, 5.41) is 10.3. The third kappa shape index (κ3) is 5.19. The van der Waals surface area contributed by atoms with E-state index >= 15 is 0 Å². The van der Waals surface area contributed by atoms with Crippen molar-refractivity contribution in [3.8, 4) is 0 Å². The van der Waals surface area contributed by atoms with Gasteiger partial charge in [0.1, 0.15) is 0 Å². The SMILES string of the molecule is CCCCCN(C)CC(O)c1cc(C)cc(C)c1. The molecular formula is C16H27NO. The second-order valence-electron chi connectivity index (χ2n) is 5.41. The third-order valence-corrected chi connectivity index (χ3v) is 3.26. The zero-order chi connectivity index (χ0) is 13.5. The van der Waals surface area contributed by atoms with Crippen LogP contribution in [0.3, 0.4) is 0 Å². The number of hydrogen-bond donors (Lipinski definition) is 1. The van der Waals surface area contributed by atoms with Crippen molar-refractivity contribution in [3.63, 3.8) is 0 Å². The minimum absolute atomic E-state index is 0.379. The van der Waals surface area contributed by atoms with Crippen LogP contribution in [0.5, 0.6) is 0 Å². The maximum atomic E-state index is 10.3. The lowest BCUT2D eigenvalue weighted by molar-refractivity contribution is 0.126. The first-order chi connectivity index (χ1) is 8.52. The van der Waals surface area contributed by atoms with Crippen molar-refractivity contribution in [2.45, 2.75) is 46.1 Å². The average Bonchev–Trinajstić information content (AvgIpc) is 2.28. The molecule has 2 heteroatoms. The largest absolute Gasteiger partial charge is 0.387 e. The Bertz CT molecular complexity index is 342. The Morgan fingerprint density at radius 1 is 1.11 bits per heavy atom. The molecule has 1 unspecified atom stereocenters. The Morgan fingerprint density at radius 3 is 2.28 bits per heavy atom. The molecule has 1 N–H and O–H groups in total. The Morgan fingerprint density at radius 2 is 1.72 bits per heavy atom. The summed E-state index contributed by atoms with van der Waals surface area (Å²) in [7, 11) is 2.08. The molecule has 0 saturated heterocycles. The molecule has 102 valence electrons. The minimum Gasteiger partial charge on any atom is -0.387 e. The highest BCUT2D eigenvalue weighted by molar-refractivity contribution is 5.30. The van der Waals surface area contributed by atoms with Gasteiger partial charge in [0.2, 0.25) is 0 Å². The lowest BCUT2D eigenvalue weighted by Gasteiger charge is -2.21. The summed E-state index contributed by atoms with van der Waals surface area (Å²) < 4.78 is 0. The van der Waals surface area contributed by atoms with Crippen molar-refractivity contribution < 1.29 is 5.11 Å². The number of aryl methyl sites for hydroxylation is 2. The van der Waals surface area contributed by atoms with Gasteiger partial charge < -0.3 is 10.0 Å². The number of aliphatic hydroxyl groups is 1. The van der Waals surface area contributed by atoms with Crippen molar-refractivity contribution in [1.29, 1.82) is 0 Å². The summed E-state index contributed by atoms with van der Waals surface area (Å²) in [6.45, 7) is 8.15. The second-order valence-corrected chi connectivity index (χ2v) is 5.41. The van der Waals surface area contributed by atoms with E-state index < -0.39 is 0 Å². The molecule has 0 aromatic heterocycles. The van der Waals surface area contributed by atoms with E-state index in [0.717, 1.165) is 12.1 Å². The number of nitrogens with zero attached hydrogens (tertiary/aromatic N) is 1. The van der Waals surface area contributed by atoms with Crippen molar-refractivity contribution in [2.75, 3.05) is 20.1 Å². The zero-order valence-electron chi connectivity index (χ0n) is 12.2. The predicted molar refractivity (Wildman–Crippen MR) is 77.9 cm³/mol. The van der Waals surface area contributed by atoms with Gasteiger partial charge in [-0.15, -0.1) is 0 Å². The highest BCUT2D eigenvalue weighted by Gasteiger charge is 2.11. The fraction of sp³-hybridized carbons (Fsp3) is 0.625. The summed E-state index contributed by atoms with van der Waals surface area (Å²) in [6.07, 6.45) is 3.35. The van der Waals surface area contributed by atoms with Crippen LogP contribution in [0.1, 0.15) is 49.0 Å². The van der Waals surface area contributed by atoms with E-state index in [4.69, 9.17) is 0 Å². The van der Waals surface area contributed by atoms with Gasteiger partial charge in [-0.25, -0.2) is 0 Å². The molecule has 0 radical (unpaired) electrons. The van der Waals surface area contributed by atoms with Gasteiger partial charge in [0.05, 0.1) is 6.10 Å². The van der Waals surface area contributed by atoms with Crippen LogP contribution in [0.25, 0.3) is 0 Å². The number of likely N-dealkylation sites (N-methyl/N-ethyl adjacent to an activating group) is 1. The van der Waals surface area contributed by atoms with Crippen LogP contribution in [0.15, 0.2) is 18.2 Å². The Kier molecular flexibility index (Phi) is 6.37. The molecule has 0 fully saturated rings. The maximum absolute atomic E-state index is 10.3. The number of unbranched alkanes of at least 4 members (excludes halogenated alkanes) is 2. The molecule has 1 aromatic carbocycles. The molecule has 1 atom stereocenters. The van der Waals surface area contributed by atoms with Gasteiger partial charge in [-0.3, -0.25) is 0 Å². The van der Waals surface area contributed by atoms with E-state index in [0.29, 0.717) is 6.54 Å². The maximum Gasteiger partial charge on any atom is 0.0916 e. The number of rotatable bonds is 7. The van der Waals surface area contributed by atoms with Crippen LogP contribution in [0.4, 0.5) is 0 Å². The van der Waals surface area contributed by atoms with Crippen molar-refractivity contribution in [3.05, 3.63) is 34.9 Å². The van der Waals surface area contributed by atoms with Gasteiger partial charge in [0.25, 0.3) is 0 Å². The highest BCUT2D eigenvalue weighted by Crippen LogP contribution is 2.17. The predicted octanol–water partition coefficient (Wildman–Crippen LogP) is 3.46. The molecule has 2 nitrogen and oxygen atoms in total. The lowest BCUT2D eigenvalue weighted by Crippen LogP contribution is -2.25. The van der Waals surface area contributed by atoms with E-state index in [9.17, 15) is 5.11 Å². The normalized spacial score (nSPS) is 13.0. The third-order valence-electron chi connectivity index (χ3n) is 3.26. The molecule has 0 aliphatic rings. The molecule has 0 aliphatic heterocycles. The molecular weight excluding hydrogens is 222 g/mol. The molecule has 18 heavy (non-hydrogen) atoms. The number of hydrogen-bond acceptors (Lipinski definition) is 2. The number of benzene rings is 1. The first kappa shape index (κ1) is 15.2. The van der Waals surface area contributed by atoms with E-state index in [1.54, 1.807) is 0 Å². The minimum atomic E-state index is -0.379. The Labute approximate surface area is 112 Å². The fourth-order valence-electron chi connectivity index (χ4n) is 2.33. The summed E-state index contributed by atoms with van der Waals surface area (Å²) in [5.41, 5.74) is 3.48.